The molecule has 0 saturated carbocycles. The number of likely N-dealkylation sites (N-methyl/N-ethyl adjacent to an activating group) is 1. The summed E-state index contributed by atoms with van der Waals surface area (Å²) in [5.41, 5.74) is 3.28. The topological polar surface area (TPSA) is 91.6 Å². The minimum atomic E-state index is -0.195. The molecule has 0 unspecified atom stereocenters. The normalized spacial score (nSPS) is 13.9. The molecule has 0 aliphatic carbocycles. The van der Waals surface area contributed by atoms with Gasteiger partial charge in [0, 0.05) is 49.9 Å². The molecule has 8 nitrogen and oxygen atoms in total. The van der Waals surface area contributed by atoms with Crippen LogP contribution in [0.2, 0.25) is 0 Å². The molecule has 3 aromatic rings. The molecule has 0 atom stereocenters. The number of anilines is 1. The molecule has 178 valence electrons. The van der Waals surface area contributed by atoms with Gasteiger partial charge in [-0.05, 0) is 61.7 Å². The Labute approximate surface area is 199 Å². The lowest BCUT2D eigenvalue weighted by Crippen LogP contribution is -2.33. The third-order valence-electron chi connectivity index (χ3n) is 6.03. The van der Waals surface area contributed by atoms with E-state index in [1.165, 1.54) is 12.8 Å². The van der Waals surface area contributed by atoms with E-state index in [4.69, 9.17) is 4.52 Å². The number of aryl methyl sites for hydroxylation is 1. The summed E-state index contributed by atoms with van der Waals surface area (Å²) in [6.45, 7) is 4.07. The van der Waals surface area contributed by atoms with Gasteiger partial charge in [0.2, 0.25) is 0 Å². The molecule has 34 heavy (non-hydrogen) atoms. The Morgan fingerprint density at radius 3 is 2.50 bits per heavy atom. The van der Waals surface area contributed by atoms with Gasteiger partial charge in [0.25, 0.3) is 11.8 Å². The molecule has 4 rings (SSSR count). The van der Waals surface area contributed by atoms with Crippen molar-refractivity contribution in [2.45, 2.75) is 39.0 Å². The number of nitrogens with one attached hydrogen (secondary N) is 1. The monoisotopic (exact) mass is 461 g/mol. The third kappa shape index (κ3) is 6.01. The number of aromatic nitrogens is 2. The Balaban J connectivity index is 1.31. The second-order valence-electron chi connectivity index (χ2n) is 8.77. The van der Waals surface area contributed by atoms with Gasteiger partial charge in [0.1, 0.15) is 0 Å². The van der Waals surface area contributed by atoms with Crippen LogP contribution in [0.5, 0.6) is 0 Å². The van der Waals surface area contributed by atoms with Gasteiger partial charge in [-0.2, -0.15) is 4.98 Å². The Kier molecular flexibility index (Phi) is 7.57. The smallest absolute Gasteiger partial charge is 0.321 e. The Bertz CT molecular complexity index is 1120. The van der Waals surface area contributed by atoms with Gasteiger partial charge < -0.3 is 19.6 Å². The lowest BCUT2D eigenvalue weighted by Gasteiger charge is -2.20. The fourth-order valence-electron chi connectivity index (χ4n) is 4.00. The lowest BCUT2D eigenvalue weighted by molar-refractivity contribution is 0.0761. The van der Waals surface area contributed by atoms with Crippen LogP contribution in [0.3, 0.4) is 0 Å². The van der Waals surface area contributed by atoms with Crippen LogP contribution in [0.1, 0.15) is 47.4 Å². The molecular weight excluding hydrogens is 430 g/mol. The van der Waals surface area contributed by atoms with Crippen molar-refractivity contribution in [3.63, 3.8) is 0 Å². The summed E-state index contributed by atoms with van der Waals surface area (Å²) >= 11 is 0. The van der Waals surface area contributed by atoms with E-state index in [1.54, 1.807) is 11.9 Å². The van der Waals surface area contributed by atoms with E-state index in [0.717, 1.165) is 42.7 Å². The second kappa shape index (κ2) is 11.0. The molecular formula is C26H31N5O3. The summed E-state index contributed by atoms with van der Waals surface area (Å²) in [6.07, 6.45) is 4.98. The minimum Gasteiger partial charge on any atom is -0.339 e. The van der Waals surface area contributed by atoms with Crippen molar-refractivity contribution < 1.29 is 14.1 Å². The Hall–Kier alpha value is -3.68. The third-order valence-corrected chi connectivity index (χ3v) is 6.03. The number of hydrogen-bond donors (Lipinski definition) is 1. The number of amides is 3. The van der Waals surface area contributed by atoms with E-state index in [1.807, 2.05) is 60.4 Å². The van der Waals surface area contributed by atoms with Crippen molar-refractivity contribution in [3.8, 4) is 11.5 Å². The molecule has 2 heterocycles. The summed E-state index contributed by atoms with van der Waals surface area (Å²) in [5, 5.41) is 6.92. The van der Waals surface area contributed by atoms with Crippen molar-refractivity contribution in [3.05, 3.63) is 65.5 Å². The average Bonchev–Trinajstić information content (AvgIpc) is 3.15. The summed E-state index contributed by atoms with van der Waals surface area (Å²) in [7, 11) is 1.73. The van der Waals surface area contributed by atoms with Crippen LogP contribution >= 0.6 is 0 Å². The minimum absolute atomic E-state index is 0.0756. The first kappa shape index (κ1) is 23.5. The van der Waals surface area contributed by atoms with Crippen molar-refractivity contribution >= 4 is 17.6 Å². The highest BCUT2D eigenvalue weighted by atomic mass is 16.5. The first-order valence-electron chi connectivity index (χ1n) is 11.8. The largest absolute Gasteiger partial charge is 0.339 e. The van der Waals surface area contributed by atoms with Crippen LogP contribution in [0.15, 0.2) is 53.1 Å². The Morgan fingerprint density at radius 1 is 1.06 bits per heavy atom. The van der Waals surface area contributed by atoms with Gasteiger partial charge in [-0.15, -0.1) is 0 Å². The fraction of sp³-hybridized carbons (Fsp3) is 0.385. The number of urea groups is 1. The van der Waals surface area contributed by atoms with Gasteiger partial charge >= 0.3 is 6.03 Å². The fourth-order valence-corrected chi connectivity index (χ4v) is 4.00. The molecule has 8 heteroatoms. The highest BCUT2D eigenvalue weighted by Gasteiger charge is 2.18. The van der Waals surface area contributed by atoms with Crippen LogP contribution in [-0.2, 0) is 6.42 Å². The van der Waals surface area contributed by atoms with Gasteiger partial charge in [0.15, 0.2) is 5.82 Å². The molecule has 1 saturated heterocycles. The van der Waals surface area contributed by atoms with Gasteiger partial charge in [-0.1, -0.05) is 30.1 Å². The molecule has 3 amide bonds. The molecule has 2 aromatic carbocycles. The summed E-state index contributed by atoms with van der Waals surface area (Å²) in [5.74, 6) is 0.997. The standard InChI is InChI=1S/C26H31N5O3/c1-19-8-7-9-22(18-19)27-26(33)30(2)17-14-23-28-24(34-29-23)20-10-12-21(13-11-20)25(32)31-15-5-3-4-6-16-31/h7-13,18H,3-6,14-17H2,1-2H3,(H,27,33). The highest BCUT2D eigenvalue weighted by molar-refractivity contribution is 5.94. The van der Waals surface area contributed by atoms with Crippen molar-refractivity contribution in [2.24, 2.45) is 0 Å². The number of carbonyl (C=O) groups is 2. The van der Waals surface area contributed by atoms with E-state index in [0.29, 0.717) is 30.2 Å². The molecule has 0 bridgehead atoms. The van der Waals surface area contributed by atoms with Crippen molar-refractivity contribution in [1.82, 2.24) is 19.9 Å². The quantitative estimate of drug-likeness (QED) is 0.571. The SMILES string of the molecule is Cc1cccc(NC(=O)N(C)CCc2noc(-c3ccc(C(=O)N4CCCCCC4)cc3)n2)c1. The van der Waals surface area contributed by atoms with E-state index in [9.17, 15) is 9.59 Å². The van der Waals surface area contributed by atoms with E-state index < -0.39 is 0 Å². The Morgan fingerprint density at radius 2 is 1.79 bits per heavy atom. The van der Waals surface area contributed by atoms with Crippen LogP contribution in [0, 0.1) is 6.92 Å². The number of carbonyl (C=O) groups excluding carboxylic acids is 2. The first-order valence-corrected chi connectivity index (χ1v) is 11.8. The number of hydrogen-bond acceptors (Lipinski definition) is 5. The molecule has 1 aromatic heterocycles. The predicted octanol–water partition coefficient (Wildman–Crippen LogP) is 4.77. The zero-order valence-corrected chi connectivity index (χ0v) is 19.8. The predicted molar refractivity (Wildman–Crippen MR) is 131 cm³/mol. The highest BCUT2D eigenvalue weighted by Crippen LogP contribution is 2.20. The summed E-state index contributed by atoms with van der Waals surface area (Å²) in [6, 6.07) is 14.8. The zero-order chi connectivity index (χ0) is 23.9. The van der Waals surface area contributed by atoms with E-state index >= 15 is 0 Å². The summed E-state index contributed by atoms with van der Waals surface area (Å²) < 4.78 is 5.41. The first-order chi connectivity index (χ1) is 16.5. The average molecular weight is 462 g/mol. The molecule has 1 aliphatic heterocycles. The zero-order valence-electron chi connectivity index (χ0n) is 19.8. The summed E-state index contributed by atoms with van der Waals surface area (Å²) in [4.78, 5) is 33.2. The molecule has 1 fully saturated rings. The van der Waals surface area contributed by atoms with Crippen LogP contribution in [0.4, 0.5) is 10.5 Å². The lowest BCUT2D eigenvalue weighted by atomic mass is 10.1. The van der Waals surface area contributed by atoms with Gasteiger partial charge in [-0.3, -0.25) is 4.79 Å². The van der Waals surface area contributed by atoms with Gasteiger partial charge in [-0.25, -0.2) is 4.79 Å². The van der Waals surface area contributed by atoms with E-state index in [2.05, 4.69) is 15.5 Å². The van der Waals surface area contributed by atoms with Crippen LogP contribution in [0.25, 0.3) is 11.5 Å². The second-order valence-corrected chi connectivity index (χ2v) is 8.77. The number of benzene rings is 2. The molecule has 0 radical (unpaired) electrons. The van der Waals surface area contributed by atoms with Crippen LogP contribution < -0.4 is 5.32 Å². The maximum absolute atomic E-state index is 12.8. The van der Waals surface area contributed by atoms with Crippen molar-refractivity contribution in [1.29, 1.82) is 0 Å². The number of likely N-dealkylation sites (tertiary alicyclic amines) is 1. The number of rotatable bonds is 6. The maximum atomic E-state index is 12.8. The van der Waals surface area contributed by atoms with E-state index in [-0.39, 0.29) is 11.9 Å². The molecule has 1 N–H and O–H groups in total. The van der Waals surface area contributed by atoms with Gasteiger partial charge in [0.05, 0.1) is 0 Å². The number of nitrogens with zero attached hydrogens (tertiary/aromatic N) is 4. The van der Waals surface area contributed by atoms with Crippen molar-refractivity contribution in [2.75, 3.05) is 32.0 Å². The van der Waals surface area contributed by atoms with Crippen LogP contribution in [-0.4, -0.2) is 58.6 Å². The molecule has 0 spiro atoms. The maximum Gasteiger partial charge on any atom is 0.321 e. The molecule has 1 aliphatic rings.